The summed E-state index contributed by atoms with van der Waals surface area (Å²) in [5.41, 5.74) is 0.715. The van der Waals surface area contributed by atoms with Gasteiger partial charge in [-0.15, -0.1) is 11.3 Å². The van der Waals surface area contributed by atoms with Crippen LogP contribution in [0.25, 0.3) is 10.2 Å². The third-order valence-electron chi connectivity index (χ3n) is 1.30. The number of aromatic carboxylic acids is 1. The van der Waals surface area contributed by atoms with Crippen LogP contribution in [0.3, 0.4) is 0 Å². The van der Waals surface area contributed by atoms with Crippen LogP contribution in [0, 0.1) is 0 Å². The fourth-order valence-corrected chi connectivity index (χ4v) is 1.61. The second kappa shape index (κ2) is 2.06. The number of carbonyl (C=O) groups is 1. The van der Waals surface area contributed by atoms with Crippen LogP contribution < -0.4 is 0 Å². The van der Waals surface area contributed by atoms with E-state index in [2.05, 4.69) is 9.97 Å². The Morgan fingerprint density at radius 2 is 2.45 bits per heavy atom. The van der Waals surface area contributed by atoms with Crippen LogP contribution in [0.2, 0.25) is 0 Å². The molecule has 0 unspecified atom stereocenters. The first-order valence-corrected chi connectivity index (χ1v) is 3.75. The van der Waals surface area contributed by atoms with Crippen molar-refractivity contribution in [1.29, 1.82) is 0 Å². The fraction of sp³-hybridized carbons (Fsp3) is 0. The highest BCUT2D eigenvalue weighted by molar-refractivity contribution is 7.20. The first-order chi connectivity index (χ1) is 5.27. The largest absolute Gasteiger partial charge is 0.476 e. The van der Waals surface area contributed by atoms with Crippen molar-refractivity contribution < 1.29 is 9.90 Å². The van der Waals surface area contributed by atoms with Gasteiger partial charge >= 0.3 is 5.97 Å². The Morgan fingerprint density at radius 3 is 3.09 bits per heavy atom. The van der Waals surface area contributed by atoms with Crippen molar-refractivity contribution in [2.75, 3.05) is 0 Å². The molecule has 0 aliphatic heterocycles. The normalized spacial score (nSPS) is 10.5. The number of rotatable bonds is 1. The molecule has 0 radical (unpaired) electrons. The maximum atomic E-state index is 10.4. The van der Waals surface area contributed by atoms with E-state index in [0.717, 1.165) is 4.70 Å². The Kier molecular flexibility index (Phi) is 1.19. The van der Waals surface area contributed by atoms with Gasteiger partial charge in [-0.25, -0.2) is 9.78 Å². The highest BCUT2D eigenvalue weighted by Crippen LogP contribution is 2.20. The van der Waals surface area contributed by atoms with Gasteiger partial charge in [-0.05, 0) is 0 Å². The van der Waals surface area contributed by atoms with Gasteiger partial charge in [-0.2, -0.15) is 0 Å². The lowest BCUT2D eigenvalue weighted by Gasteiger charge is -1.79. The number of hydrogen-bond acceptors (Lipinski definition) is 3. The number of aromatic nitrogens is 2. The summed E-state index contributed by atoms with van der Waals surface area (Å²) in [5, 5.41) is 8.68. The summed E-state index contributed by atoms with van der Waals surface area (Å²) in [5.74, 6) is -0.966. The SMILES string of the molecule is O=C(O)c1nc2c[nH]cc2s1. The van der Waals surface area contributed by atoms with Crippen molar-refractivity contribution in [3.63, 3.8) is 0 Å². The predicted octanol–water partition coefficient (Wildman–Crippen LogP) is 1.32. The molecule has 0 bridgehead atoms. The van der Waals surface area contributed by atoms with E-state index in [9.17, 15) is 4.79 Å². The van der Waals surface area contributed by atoms with Gasteiger partial charge in [0.15, 0.2) is 0 Å². The maximum Gasteiger partial charge on any atom is 0.365 e. The number of carboxylic acid groups (broad SMARTS) is 1. The standard InChI is InChI=1S/C6H4N2O2S/c9-6(10)5-8-3-1-7-2-4(3)11-5/h1-2,7H,(H,9,10). The van der Waals surface area contributed by atoms with Crippen LogP contribution in [0.5, 0.6) is 0 Å². The lowest BCUT2D eigenvalue weighted by atomic mass is 10.6. The van der Waals surface area contributed by atoms with Crippen molar-refractivity contribution >= 4 is 27.5 Å². The van der Waals surface area contributed by atoms with E-state index < -0.39 is 5.97 Å². The Morgan fingerprint density at radius 1 is 1.64 bits per heavy atom. The fourth-order valence-electron chi connectivity index (χ4n) is 0.838. The van der Waals surface area contributed by atoms with E-state index in [1.807, 2.05) is 0 Å². The molecule has 56 valence electrons. The number of carboxylic acids is 1. The molecular weight excluding hydrogens is 164 g/mol. The first-order valence-electron chi connectivity index (χ1n) is 2.94. The smallest absolute Gasteiger partial charge is 0.365 e. The van der Waals surface area contributed by atoms with E-state index in [0.29, 0.717) is 5.52 Å². The summed E-state index contributed by atoms with van der Waals surface area (Å²) >= 11 is 1.17. The number of thiazole rings is 1. The molecule has 11 heavy (non-hydrogen) atoms. The average molecular weight is 168 g/mol. The molecule has 2 rings (SSSR count). The van der Waals surface area contributed by atoms with Crippen LogP contribution in [0.4, 0.5) is 0 Å². The highest BCUT2D eigenvalue weighted by atomic mass is 32.1. The number of H-pyrrole nitrogens is 1. The van der Waals surface area contributed by atoms with Crippen molar-refractivity contribution in [3.05, 3.63) is 17.4 Å². The van der Waals surface area contributed by atoms with Gasteiger partial charge in [0.2, 0.25) is 5.01 Å². The number of fused-ring (bicyclic) bond motifs is 1. The van der Waals surface area contributed by atoms with Gasteiger partial charge in [0.1, 0.15) is 0 Å². The van der Waals surface area contributed by atoms with Gasteiger partial charge in [0.25, 0.3) is 0 Å². The molecule has 2 heterocycles. The van der Waals surface area contributed by atoms with Gasteiger partial charge in [0, 0.05) is 12.4 Å². The number of aromatic amines is 1. The minimum Gasteiger partial charge on any atom is -0.476 e. The van der Waals surface area contributed by atoms with E-state index in [-0.39, 0.29) is 5.01 Å². The molecule has 0 spiro atoms. The van der Waals surface area contributed by atoms with Crippen molar-refractivity contribution in [1.82, 2.24) is 9.97 Å². The molecule has 2 aromatic rings. The summed E-state index contributed by atoms with van der Waals surface area (Å²) in [6.07, 6.45) is 3.41. The Labute approximate surface area is 65.5 Å². The predicted molar refractivity (Wildman–Crippen MR) is 40.9 cm³/mol. The van der Waals surface area contributed by atoms with Crippen LogP contribution in [0.15, 0.2) is 12.4 Å². The molecule has 0 fully saturated rings. The van der Waals surface area contributed by atoms with Crippen molar-refractivity contribution in [2.24, 2.45) is 0 Å². The Bertz CT molecular complexity index is 375. The monoisotopic (exact) mass is 168 g/mol. The van der Waals surface area contributed by atoms with E-state index in [1.54, 1.807) is 12.4 Å². The van der Waals surface area contributed by atoms with Gasteiger partial charge in [-0.1, -0.05) is 0 Å². The quantitative estimate of drug-likeness (QED) is 0.674. The molecule has 2 aromatic heterocycles. The number of hydrogen-bond donors (Lipinski definition) is 2. The van der Waals surface area contributed by atoms with Crippen LogP contribution in [0.1, 0.15) is 9.80 Å². The molecule has 2 N–H and O–H groups in total. The molecule has 0 saturated carbocycles. The molecule has 0 atom stereocenters. The number of nitrogens with one attached hydrogen (secondary N) is 1. The van der Waals surface area contributed by atoms with Crippen molar-refractivity contribution in [3.8, 4) is 0 Å². The Balaban J connectivity index is 2.67. The molecule has 0 aliphatic carbocycles. The van der Waals surface area contributed by atoms with Gasteiger partial charge in [-0.3, -0.25) is 0 Å². The third-order valence-corrected chi connectivity index (χ3v) is 2.30. The molecule has 0 aliphatic rings. The topological polar surface area (TPSA) is 66.0 Å². The van der Waals surface area contributed by atoms with Crippen LogP contribution in [-0.4, -0.2) is 21.0 Å². The summed E-state index contributed by atoms with van der Waals surface area (Å²) in [6, 6.07) is 0. The second-order valence-electron chi connectivity index (χ2n) is 2.03. The van der Waals surface area contributed by atoms with Crippen molar-refractivity contribution in [2.45, 2.75) is 0 Å². The summed E-state index contributed by atoms with van der Waals surface area (Å²) in [6.45, 7) is 0. The summed E-state index contributed by atoms with van der Waals surface area (Å²) in [7, 11) is 0. The third kappa shape index (κ3) is 0.894. The molecule has 4 nitrogen and oxygen atoms in total. The highest BCUT2D eigenvalue weighted by Gasteiger charge is 2.09. The zero-order valence-corrected chi connectivity index (χ0v) is 6.18. The second-order valence-corrected chi connectivity index (χ2v) is 3.06. The zero-order valence-electron chi connectivity index (χ0n) is 5.37. The maximum absolute atomic E-state index is 10.4. The molecule has 0 amide bonds. The van der Waals surface area contributed by atoms with Crippen LogP contribution >= 0.6 is 11.3 Å². The average Bonchev–Trinajstić information content (AvgIpc) is 2.40. The summed E-state index contributed by atoms with van der Waals surface area (Å²) in [4.78, 5) is 17.1. The molecule has 0 aromatic carbocycles. The van der Waals surface area contributed by atoms with E-state index >= 15 is 0 Å². The minimum atomic E-state index is -0.966. The minimum absolute atomic E-state index is 0.143. The molecular formula is C6H4N2O2S. The molecule has 5 heteroatoms. The first kappa shape index (κ1) is 6.36. The molecule has 0 saturated heterocycles. The lowest BCUT2D eigenvalue weighted by molar-refractivity contribution is 0.0696. The lowest BCUT2D eigenvalue weighted by Crippen LogP contribution is -1.93. The number of nitrogens with zero attached hydrogens (tertiary/aromatic N) is 1. The van der Waals surface area contributed by atoms with E-state index in [4.69, 9.17) is 5.11 Å². The van der Waals surface area contributed by atoms with E-state index in [1.165, 1.54) is 11.3 Å². The zero-order chi connectivity index (χ0) is 7.84. The van der Waals surface area contributed by atoms with Gasteiger partial charge in [0.05, 0.1) is 10.2 Å². The van der Waals surface area contributed by atoms with Crippen LogP contribution in [-0.2, 0) is 0 Å². The Hall–Kier alpha value is -1.36. The van der Waals surface area contributed by atoms with Gasteiger partial charge < -0.3 is 10.1 Å². The summed E-state index contributed by atoms with van der Waals surface area (Å²) < 4.78 is 0.877.